The summed E-state index contributed by atoms with van der Waals surface area (Å²) in [6, 6.07) is 11.7. The molecule has 7 nitrogen and oxygen atoms in total. The van der Waals surface area contributed by atoms with Crippen LogP contribution < -0.4 is 20.9 Å². The summed E-state index contributed by atoms with van der Waals surface area (Å²) in [7, 11) is 0. The molecule has 3 N–H and O–H groups in total. The van der Waals surface area contributed by atoms with E-state index in [1.54, 1.807) is 43.3 Å². The van der Waals surface area contributed by atoms with E-state index in [4.69, 9.17) is 4.74 Å². The van der Waals surface area contributed by atoms with Gasteiger partial charge in [-0.25, -0.2) is 0 Å². The zero-order chi connectivity index (χ0) is 19.8. The van der Waals surface area contributed by atoms with Crippen LogP contribution >= 0.6 is 15.9 Å². The molecule has 2 rings (SSSR count). The molecule has 0 unspecified atom stereocenters. The summed E-state index contributed by atoms with van der Waals surface area (Å²) >= 11 is 3.39. The van der Waals surface area contributed by atoms with Crippen LogP contribution in [0.4, 0.5) is 5.69 Å². The van der Waals surface area contributed by atoms with Crippen molar-refractivity contribution in [3.63, 3.8) is 0 Å². The zero-order valence-corrected chi connectivity index (χ0v) is 16.6. The summed E-state index contributed by atoms with van der Waals surface area (Å²) in [5.41, 5.74) is 6.53. The molecule has 0 aliphatic carbocycles. The minimum Gasteiger partial charge on any atom is -0.484 e. The van der Waals surface area contributed by atoms with Crippen molar-refractivity contribution < 1.29 is 19.1 Å². The van der Waals surface area contributed by atoms with Gasteiger partial charge in [-0.05, 0) is 55.0 Å². The molecule has 0 saturated heterocycles. The van der Waals surface area contributed by atoms with Crippen LogP contribution in [0.15, 0.2) is 46.9 Å². The summed E-state index contributed by atoms with van der Waals surface area (Å²) in [5, 5.41) is 2.69. The monoisotopic (exact) mass is 433 g/mol. The summed E-state index contributed by atoms with van der Waals surface area (Å²) in [6.07, 6.45) is 0.371. The van der Waals surface area contributed by atoms with Gasteiger partial charge >= 0.3 is 0 Å². The Morgan fingerprint density at radius 1 is 1.00 bits per heavy atom. The lowest BCUT2D eigenvalue weighted by Crippen LogP contribution is -2.43. The van der Waals surface area contributed by atoms with Crippen molar-refractivity contribution in [1.29, 1.82) is 0 Å². The number of benzene rings is 2. The molecule has 2 aromatic rings. The molecule has 0 atom stereocenters. The van der Waals surface area contributed by atoms with Gasteiger partial charge in [0.15, 0.2) is 6.61 Å². The Morgan fingerprint density at radius 2 is 1.70 bits per heavy atom. The third-order valence-corrected chi connectivity index (χ3v) is 4.46. The molecule has 0 fully saturated rings. The van der Waals surface area contributed by atoms with Crippen molar-refractivity contribution in [1.82, 2.24) is 10.9 Å². The fourth-order valence-corrected chi connectivity index (χ4v) is 2.29. The van der Waals surface area contributed by atoms with Crippen LogP contribution in [0.1, 0.15) is 29.3 Å². The van der Waals surface area contributed by atoms with E-state index in [0.29, 0.717) is 23.4 Å². The molecule has 0 aromatic heterocycles. The number of hydrazine groups is 1. The average Bonchev–Trinajstić information content (AvgIpc) is 2.67. The summed E-state index contributed by atoms with van der Waals surface area (Å²) < 4.78 is 6.33. The van der Waals surface area contributed by atoms with Crippen LogP contribution in [-0.2, 0) is 9.59 Å². The van der Waals surface area contributed by atoms with Gasteiger partial charge in [-0.2, -0.15) is 0 Å². The summed E-state index contributed by atoms with van der Waals surface area (Å²) in [4.78, 5) is 35.2. The molecule has 0 heterocycles. The highest BCUT2D eigenvalue weighted by Crippen LogP contribution is 2.21. The minimum atomic E-state index is -0.490. The maximum atomic E-state index is 12.0. The highest BCUT2D eigenvalue weighted by atomic mass is 79.9. The van der Waals surface area contributed by atoms with Crippen molar-refractivity contribution in [3.05, 3.63) is 58.1 Å². The normalized spacial score (nSPS) is 10.0. The number of hydrogen-bond donors (Lipinski definition) is 3. The molecule has 142 valence electrons. The van der Waals surface area contributed by atoms with Crippen LogP contribution in [0.2, 0.25) is 0 Å². The van der Waals surface area contributed by atoms with Crippen LogP contribution in [0.3, 0.4) is 0 Å². The summed E-state index contributed by atoms with van der Waals surface area (Å²) in [6.45, 7) is 3.43. The first-order valence-electron chi connectivity index (χ1n) is 8.27. The van der Waals surface area contributed by atoms with Crippen LogP contribution in [-0.4, -0.2) is 24.3 Å². The number of amides is 3. The molecule has 0 aliphatic heterocycles. The quantitative estimate of drug-likeness (QED) is 0.610. The van der Waals surface area contributed by atoms with E-state index in [-0.39, 0.29) is 12.5 Å². The zero-order valence-electron chi connectivity index (χ0n) is 15.0. The van der Waals surface area contributed by atoms with Gasteiger partial charge in [0.05, 0.1) is 0 Å². The van der Waals surface area contributed by atoms with Gasteiger partial charge in [0.2, 0.25) is 5.91 Å². The molecule has 0 radical (unpaired) electrons. The third kappa shape index (κ3) is 6.41. The Balaban J connectivity index is 1.79. The smallest absolute Gasteiger partial charge is 0.276 e. The Kier molecular flexibility index (Phi) is 7.36. The minimum absolute atomic E-state index is 0.111. The van der Waals surface area contributed by atoms with Crippen molar-refractivity contribution in [2.24, 2.45) is 0 Å². The van der Waals surface area contributed by atoms with Gasteiger partial charge in [-0.3, -0.25) is 25.2 Å². The van der Waals surface area contributed by atoms with E-state index >= 15 is 0 Å². The number of nitrogens with one attached hydrogen (secondary N) is 3. The molecule has 2 aromatic carbocycles. The van der Waals surface area contributed by atoms with Crippen molar-refractivity contribution in [3.8, 4) is 5.75 Å². The van der Waals surface area contributed by atoms with E-state index in [1.807, 2.05) is 13.0 Å². The second-order valence-corrected chi connectivity index (χ2v) is 6.54. The van der Waals surface area contributed by atoms with Crippen molar-refractivity contribution in [2.45, 2.75) is 20.3 Å². The van der Waals surface area contributed by atoms with Crippen molar-refractivity contribution in [2.75, 3.05) is 11.9 Å². The lowest BCUT2D eigenvalue weighted by atomic mass is 10.2. The number of carbonyl (C=O) groups excluding carboxylic acids is 3. The second kappa shape index (κ2) is 9.72. The number of hydrogen-bond acceptors (Lipinski definition) is 4. The predicted molar refractivity (Wildman–Crippen MR) is 105 cm³/mol. The first-order valence-corrected chi connectivity index (χ1v) is 9.06. The first kappa shape index (κ1) is 20.4. The second-order valence-electron chi connectivity index (χ2n) is 5.68. The number of ether oxygens (including phenoxy) is 1. The highest BCUT2D eigenvalue weighted by Gasteiger charge is 2.09. The molecular formula is C19H20BrN3O4. The van der Waals surface area contributed by atoms with Gasteiger partial charge < -0.3 is 10.1 Å². The number of anilines is 1. The van der Waals surface area contributed by atoms with Gasteiger partial charge in [-0.15, -0.1) is 0 Å². The van der Waals surface area contributed by atoms with Gasteiger partial charge in [0.25, 0.3) is 11.8 Å². The molecule has 8 heteroatoms. The van der Waals surface area contributed by atoms with Gasteiger partial charge in [0.1, 0.15) is 5.75 Å². The number of rotatable bonds is 6. The molecule has 0 spiro atoms. The Morgan fingerprint density at radius 3 is 2.33 bits per heavy atom. The molecule has 3 amide bonds. The maximum Gasteiger partial charge on any atom is 0.276 e. The lowest BCUT2D eigenvalue weighted by molar-refractivity contribution is -0.123. The highest BCUT2D eigenvalue weighted by molar-refractivity contribution is 9.10. The molecular weight excluding hydrogens is 414 g/mol. The summed E-state index contributed by atoms with van der Waals surface area (Å²) in [5.74, 6) is -0.519. The Bertz CT molecular complexity index is 837. The first-order chi connectivity index (χ1) is 12.9. The number of carbonyl (C=O) groups is 3. The largest absolute Gasteiger partial charge is 0.484 e. The molecule has 0 saturated carbocycles. The molecule has 27 heavy (non-hydrogen) atoms. The van der Waals surface area contributed by atoms with Crippen LogP contribution in [0.5, 0.6) is 5.75 Å². The van der Waals surface area contributed by atoms with Crippen LogP contribution in [0, 0.1) is 6.92 Å². The third-order valence-electron chi connectivity index (χ3n) is 3.57. The van der Waals surface area contributed by atoms with Gasteiger partial charge in [-0.1, -0.05) is 22.9 Å². The fourth-order valence-electron chi connectivity index (χ4n) is 2.04. The Labute approximate surface area is 165 Å². The van der Waals surface area contributed by atoms with E-state index in [9.17, 15) is 14.4 Å². The topological polar surface area (TPSA) is 96.5 Å². The number of halogens is 1. The number of aryl methyl sites for hydroxylation is 1. The molecule has 0 aliphatic rings. The van der Waals surface area contributed by atoms with E-state index in [2.05, 4.69) is 32.1 Å². The predicted octanol–water partition coefficient (Wildman–Crippen LogP) is 2.95. The lowest BCUT2D eigenvalue weighted by Gasteiger charge is -2.10. The molecule has 0 bridgehead atoms. The van der Waals surface area contributed by atoms with E-state index in [1.165, 1.54) is 0 Å². The van der Waals surface area contributed by atoms with E-state index < -0.39 is 11.8 Å². The maximum absolute atomic E-state index is 12.0. The van der Waals surface area contributed by atoms with Gasteiger partial charge in [0, 0.05) is 22.1 Å². The van der Waals surface area contributed by atoms with E-state index in [0.717, 1.165) is 10.0 Å². The fraction of sp³-hybridized carbons (Fsp3) is 0.211. The average molecular weight is 434 g/mol. The van der Waals surface area contributed by atoms with Crippen molar-refractivity contribution >= 4 is 39.3 Å². The standard InChI is InChI=1S/C19H20BrN3O4/c1-3-17(24)21-14-6-4-13(5-7-14)19(26)23-22-18(25)11-27-15-8-9-16(20)12(2)10-15/h4-10H,3,11H2,1-2H3,(H,21,24)(H,22,25)(H,23,26). The SMILES string of the molecule is CCC(=O)Nc1ccc(C(=O)NNC(=O)COc2ccc(Br)c(C)c2)cc1. The van der Waals surface area contributed by atoms with Crippen LogP contribution in [0.25, 0.3) is 0 Å². The Hall–Kier alpha value is -2.87.